The molecule has 0 amide bonds. The summed E-state index contributed by atoms with van der Waals surface area (Å²) in [5.41, 5.74) is 3.08. The van der Waals surface area contributed by atoms with E-state index in [0.29, 0.717) is 6.04 Å². The molecule has 0 aliphatic carbocycles. The zero-order valence-corrected chi connectivity index (χ0v) is 15.2. The first-order chi connectivity index (χ1) is 12.7. The van der Waals surface area contributed by atoms with Crippen molar-refractivity contribution in [2.75, 3.05) is 26.2 Å². The molecule has 2 aliphatic heterocycles. The van der Waals surface area contributed by atoms with Crippen LogP contribution in [0.5, 0.6) is 0 Å². The number of hydrogen-bond donors (Lipinski definition) is 0. The molecular formula is C21H25FN4. The van der Waals surface area contributed by atoms with E-state index in [1.165, 1.54) is 18.6 Å². The maximum atomic E-state index is 12.9. The molecule has 1 aromatic carbocycles. The summed E-state index contributed by atoms with van der Waals surface area (Å²) in [6.07, 6.45) is 9.24. The minimum absolute atomic E-state index is 0.184. The Morgan fingerprint density at radius 1 is 1.15 bits per heavy atom. The van der Waals surface area contributed by atoms with E-state index in [2.05, 4.69) is 31.9 Å². The van der Waals surface area contributed by atoms with Gasteiger partial charge in [0.15, 0.2) is 0 Å². The maximum absolute atomic E-state index is 12.9. The van der Waals surface area contributed by atoms with Gasteiger partial charge in [0.05, 0.1) is 11.4 Å². The van der Waals surface area contributed by atoms with Gasteiger partial charge in [-0.25, -0.2) is 4.39 Å². The summed E-state index contributed by atoms with van der Waals surface area (Å²) in [7, 11) is 0. The van der Waals surface area contributed by atoms with Crippen LogP contribution in [0.2, 0.25) is 0 Å². The van der Waals surface area contributed by atoms with E-state index < -0.39 is 0 Å². The largest absolute Gasteiger partial charge is 0.297 e. The highest BCUT2D eigenvalue weighted by Crippen LogP contribution is 2.32. The molecule has 0 bridgehead atoms. The average Bonchev–Trinajstić information content (AvgIpc) is 2.63. The average molecular weight is 352 g/mol. The summed E-state index contributed by atoms with van der Waals surface area (Å²) in [5, 5.41) is 0. The van der Waals surface area contributed by atoms with Gasteiger partial charge in [0.25, 0.3) is 0 Å². The van der Waals surface area contributed by atoms with Crippen molar-refractivity contribution in [1.29, 1.82) is 0 Å². The third-order valence-corrected chi connectivity index (χ3v) is 5.46. The van der Waals surface area contributed by atoms with Gasteiger partial charge in [0, 0.05) is 51.2 Å². The molecule has 4 nitrogen and oxygen atoms in total. The Kier molecular flexibility index (Phi) is 5.09. The van der Waals surface area contributed by atoms with E-state index in [1.807, 2.05) is 31.5 Å². The highest BCUT2D eigenvalue weighted by atomic mass is 19.1. The first-order valence-electron chi connectivity index (χ1n) is 9.33. The van der Waals surface area contributed by atoms with Gasteiger partial charge in [0.1, 0.15) is 5.82 Å². The molecule has 0 radical (unpaired) electrons. The van der Waals surface area contributed by atoms with E-state index in [0.717, 1.165) is 55.6 Å². The summed E-state index contributed by atoms with van der Waals surface area (Å²) in [6, 6.07) is 7.35. The van der Waals surface area contributed by atoms with Gasteiger partial charge in [-0.05, 0) is 37.0 Å². The van der Waals surface area contributed by atoms with Crippen LogP contribution in [0.3, 0.4) is 0 Å². The molecule has 0 saturated carbocycles. The quantitative estimate of drug-likeness (QED) is 0.828. The van der Waals surface area contributed by atoms with E-state index in [1.54, 1.807) is 0 Å². The predicted molar refractivity (Wildman–Crippen MR) is 101 cm³/mol. The molecule has 5 heteroatoms. The molecule has 0 spiro atoms. The minimum atomic E-state index is -0.184. The van der Waals surface area contributed by atoms with Crippen LogP contribution < -0.4 is 0 Å². The number of piperidine rings is 1. The van der Waals surface area contributed by atoms with Crippen LogP contribution in [-0.4, -0.2) is 52.0 Å². The van der Waals surface area contributed by atoms with Crippen molar-refractivity contribution < 1.29 is 4.39 Å². The van der Waals surface area contributed by atoms with Gasteiger partial charge in [-0.15, -0.1) is 0 Å². The molecular weight excluding hydrogens is 327 g/mol. The van der Waals surface area contributed by atoms with Crippen LogP contribution in [0.1, 0.15) is 23.4 Å². The summed E-state index contributed by atoms with van der Waals surface area (Å²) in [6.45, 7) is 7.28. The third-order valence-electron chi connectivity index (χ3n) is 5.46. The number of likely N-dealkylation sites (tertiary alicyclic amines) is 2. The fourth-order valence-electron chi connectivity index (χ4n) is 4.04. The molecule has 2 fully saturated rings. The first kappa shape index (κ1) is 17.3. The molecule has 26 heavy (non-hydrogen) atoms. The molecule has 0 N–H and O–H groups in total. The lowest BCUT2D eigenvalue weighted by atomic mass is 9.82. The number of rotatable bonds is 5. The van der Waals surface area contributed by atoms with Crippen LogP contribution in [-0.2, 0) is 6.54 Å². The van der Waals surface area contributed by atoms with E-state index in [4.69, 9.17) is 0 Å². The zero-order valence-electron chi connectivity index (χ0n) is 15.2. The van der Waals surface area contributed by atoms with Crippen molar-refractivity contribution in [3.63, 3.8) is 0 Å². The monoisotopic (exact) mass is 352 g/mol. The highest BCUT2D eigenvalue weighted by molar-refractivity contribution is 5.49. The number of halogens is 1. The number of benzene rings is 1. The standard InChI is InChI=1S/C21H25FN4/c1-16-11-24-20(12-23-16)15-25-10-8-21-18(13-25)14-26(21)9-2-3-17-4-6-19(22)7-5-17/h2-7,11-12,18,21H,8-10,13-15H2,1H3/t18-,21-/m0/s1. The molecule has 1 aromatic heterocycles. The maximum Gasteiger partial charge on any atom is 0.123 e. The highest BCUT2D eigenvalue weighted by Gasteiger charge is 2.41. The van der Waals surface area contributed by atoms with Gasteiger partial charge in [0.2, 0.25) is 0 Å². The van der Waals surface area contributed by atoms with Gasteiger partial charge < -0.3 is 0 Å². The zero-order chi connectivity index (χ0) is 17.9. The summed E-state index contributed by atoms with van der Waals surface area (Å²) in [5.74, 6) is 0.581. The van der Waals surface area contributed by atoms with Gasteiger partial charge in [-0.2, -0.15) is 0 Å². The molecule has 3 heterocycles. The second kappa shape index (κ2) is 7.64. The summed E-state index contributed by atoms with van der Waals surface area (Å²) in [4.78, 5) is 13.9. The van der Waals surface area contributed by atoms with Crippen LogP contribution in [0.25, 0.3) is 6.08 Å². The van der Waals surface area contributed by atoms with Crippen LogP contribution >= 0.6 is 0 Å². The Bertz CT molecular complexity index is 757. The van der Waals surface area contributed by atoms with Crippen molar-refractivity contribution in [2.24, 2.45) is 5.92 Å². The van der Waals surface area contributed by atoms with Crippen molar-refractivity contribution in [1.82, 2.24) is 19.8 Å². The molecule has 2 aromatic rings. The van der Waals surface area contributed by atoms with Gasteiger partial charge in [-0.3, -0.25) is 19.8 Å². The lowest BCUT2D eigenvalue weighted by Gasteiger charge is -2.53. The molecule has 2 saturated heterocycles. The smallest absolute Gasteiger partial charge is 0.123 e. The summed E-state index contributed by atoms with van der Waals surface area (Å²) < 4.78 is 12.9. The fraction of sp³-hybridized carbons (Fsp3) is 0.429. The van der Waals surface area contributed by atoms with Crippen LogP contribution in [0.15, 0.2) is 42.7 Å². The van der Waals surface area contributed by atoms with Crippen LogP contribution in [0.4, 0.5) is 4.39 Å². The third kappa shape index (κ3) is 4.00. The normalized spacial score (nSPS) is 23.8. The molecule has 4 rings (SSSR count). The van der Waals surface area contributed by atoms with Gasteiger partial charge >= 0.3 is 0 Å². The minimum Gasteiger partial charge on any atom is -0.297 e. The SMILES string of the molecule is Cc1cnc(CN2CC[C@H]3[C@@H](C2)CN3CC=Cc2ccc(F)cc2)cn1. The number of hydrogen-bond acceptors (Lipinski definition) is 4. The van der Waals surface area contributed by atoms with Crippen molar-refractivity contribution >= 4 is 6.08 Å². The van der Waals surface area contributed by atoms with E-state index in [9.17, 15) is 4.39 Å². The van der Waals surface area contributed by atoms with E-state index in [-0.39, 0.29) is 5.82 Å². The number of aromatic nitrogens is 2. The second-order valence-corrected chi connectivity index (χ2v) is 7.41. The van der Waals surface area contributed by atoms with Crippen molar-refractivity contribution in [3.8, 4) is 0 Å². The lowest BCUT2D eigenvalue weighted by Crippen LogP contribution is -2.63. The lowest BCUT2D eigenvalue weighted by molar-refractivity contribution is -0.0378. The fourth-order valence-corrected chi connectivity index (χ4v) is 4.04. The Balaban J connectivity index is 1.24. The predicted octanol–water partition coefficient (Wildman–Crippen LogP) is 3.14. The van der Waals surface area contributed by atoms with Crippen molar-refractivity contribution in [3.05, 3.63) is 65.5 Å². The molecule has 2 aliphatic rings. The first-order valence-corrected chi connectivity index (χ1v) is 9.33. The Morgan fingerprint density at radius 2 is 2.00 bits per heavy atom. The number of aryl methyl sites for hydroxylation is 1. The Hall–Kier alpha value is -2.11. The topological polar surface area (TPSA) is 32.3 Å². The van der Waals surface area contributed by atoms with Crippen molar-refractivity contribution in [2.45, 2.75) is 25.9 Å². The Morgan fingerprint density at radius 3 is 2.73 bits per heavy atom. The molecule has 136 valence electrons. The van der Waals surface area contributed by atoms with E-state index >= 15 is 0 Å². The number of nitrogens with zero attached hydrogens (tertiary/aromatic N) is 4. The molecule has 2 atom stereocenters. The second-order valence-electron chi connectivity index (χ2n) is 7.41. The summed E-state index contributed by atoms with van der Waals surface area (Å²) >= 11 is 0. The van der Waals surface area contributed by atoms with Crippen LogP contribution in [0, 0.1) is 18.7 Å². The number of fused-ring (bicyclic) bond motifs is 1. The Labute approximate surface area is 154 Å². The van der Waals surface area contributed by atoms with Gasteiger partial charge in [-0.1, -0.05) is 24.3 Å². The molecule has 0 unspecified atom stereocenters.